The number of hydrogen-bond donors (Lipinski definition) is 0. The van der Waals surface area contributed by atoms with E-state index in [4.69, 9.17) is 4.74 Å². The van der Waals surface area contributed by atoms with Gasteiger partial charge >= 0.3 is 0 Å². The van der Waals surface area contributed by atoms with Gasteiger partial charge in [-0.1, -0.05) is 31.2 Å². The first-order valence-electron chi connectivity index (χ1n) is 3.86. The van der Waals surface area contributed by atoms with Gasteiger partial charge < -0.3 is 4.74 Å². The Morgan fingerprint density at radius 1 is 1.36 bits per heavy atom. The number of benzene rings is 1. The maximum absolute atomic E-state index is 5.18. The summed E-state index contributed by atoms with van der Waals surface area (Å²) >= 11 is 0. The zero-order chi connectivity index (χ0) is 7.73. The molecule has 1 nitrogen and oxygen atoms in total. The number of ether oxygens (including phenoxy) is 1. The van der Waals surface area contributed by atoms with E-state index in [1.807, 2.05) is 12.1 Å². The van der Waals surface area contributed by atoms with Crippen LogP contribution in [0.4, 0.5) is 0 Å². The van der Waals surface area contributed by atoms with E-state index >= 15 is 0 Å². The van der Waals surface area contributed by atoms with Crippen LogP contribution in [0.5, 0.6) is 0 Å². The third-order valence-electron chi connectivity index (χ3n) is 2.26. The second kappa shape index (κ2) is 2.35. The van der Waals surface area contributed by atoms with E-state index in [1.165, 1.54) is 5.56 Å². The van der Waals surface area contributed by atoms with Crippen LogP contribution in [0.25, 0.3) is 0 Å². The van der Waals surface area contributed by atoms with Gasteiger partial charge in [0.05, 0.1) is 13.2 Å². The highest BCUT2D eigenvalue weighted by molar-refractivity contribution is 5.25. The second-order valence-electron chi connectivity index (χ2n) is 3.34. The molecular weight excluding hydrogens is 136 g/mol. The van der Waals surface area contributed by atoms with Crippen molar-refractivity contribution in [3.05, 3.63) is 35.9 Å². The molecule has 0 unspecified atom stereocenters. The van der Waals surface area contributed by atoms with Gasteiger partial charge in [0.1, 0.15) is 0 Å². The van der Waals surface area contributed by atoms with Gasteiger partial charge in [0, 0.05) is 5.41 Å². The maximum atomic E-state index is 5.18. The molecule has 1 radical (unpaired) electrons. The van der Waals surface area contributed by atoms with Gasteiger partial charge in [-0.25, -0.2) is 0 Å². The molecule has 0 spiro atoms. The first-order chi connectivity index (χ1) is 5.31. The molecule has 1 aromatic rings. The van der Waals surface area contributed by atoms with Crippen molar-refractivity contribution < 1.29 is 4.74 Å². The third-order valence-corrected chi connectivity index (χ3v) is 2.26. The van der Waals surface area contributed by atoms with Crippen LogP contribution in [0, 0.1) is 6.07 Å². The highest BCUT2D eigenvalue weighted by Gasteiger charge is 2.34. The van der Waals surface area contributed by atoms with Crippen molar-refractivity contribution in [1.82, 2.24) is 0 Å². The fraction of sp³-hybridized carbons (Fsp3) is 0.400. The average Bonchev–Trinajstić information content (AvgIpc) is 2.02. The van der Waals surface area contributed by atoms with Crippen LogP contribution in [-0.4, -0.2) is 13.2 Å². The lowest BCUT2D eigenvalue weighted by atomic mass is 9.81. The molecule has 11 heavy (non-hydrogen) atoms. The Labute approximate surface area is 67.0 Å². The Morgan fingerprint density at radius 2 is 2.00 bits per heavy atom. The summed E-state index contributed by atoms with van der Waals surface area (Å²) in [6, 6.07) is 11.2. The van der Waals surface area contributed by atoms with Gasteiger partial charge in [0.2, 0.25) is 0 Å². The summed E-state index contributed by atoms with van der Waals surface area (Å²) in [4.78, 5) is 0. The van der Waals surface area contributed by atoms with Crippen LogP contribution in [0.2, 0.25) is 0 Å². The third kappa shape index (κ3) is 1.05. The zero-order valence-corrected chi connectivity index (χ0v) is 6.63. The number of rotatable bonds is 1. The summed E-state index contributed by atoms with van der Waals surface area (Å²) < 4.78 is 5.18. The molecule has 1 heteroatoms. The molecule has 0 amide bonds. The van der Waals surface area contributed by atoms with Crippen LogP contribution >= 0.6 is 0 Å². The minimum absolute atomic E-state index is 0.273. The van der Waals surface area contributed by atoms with Crippen molar-refractivity contribution in [2.24, 2.45) is 0 Å². The summed E-state index contributed by atoms with van der Waals surface area (Å²) in [6.45, 7) is 3.94. The Kier molecular flexibility index (Phi) is 1.46. The normalized spacial score (nSPS) is 20.8. The van der Waals surface area contributed by atoms with Crippen LogP contribution in [-0.2, 0) is 10.2 Å². The summed E-state index contributed by atoms with van der Waals surface area (Å²) in [7, 11) is 0. The molecule has 1 saturated heterocycles. The molecule has 0 N–H and O–H groups in total. The van der Waals surface area contributed by atoms with Gasteiger partial charge in [0.15, 0.2) is 0 Å². The van der Waals surface area contributed by atoms with Gasteiger partial charge in [-0.3, -0.25) is 0 Å². The SMILES string of the molecule is CC1(c2cc[c]cc2)COC1. The standard InChI is InChI=1S/C10H11O/c1-10(7-11-8-10)9-5-3-2-4-6-9/h3-6H,7-8H2,1H3. The Morgan fingerprint density at radius 3 is 2.45 bits per heavy atom. The lowest BCUT2D eigenvalue weighted by molar-refractivity contribution is -0.0500. The molecule has 0 saturated carbocycles. The van der Waals surface area contributed by atoms with Crippen LogP contribution in [0.1, 0.15) is 12.5 Å². The molecule has 1 aromatic carbocycles. The lowest BCUT2D eigenvalue weighted by Crippen LogP contribution is -2.43. The molecule has 1 aliphatic rings. The lowest BCUT2D eigenvalue weighted by Gasteiger charge is -2.38. The van der Waals surface area contributed by atoms with E-state index in [1.54, 1.807) is 0 Å². The zero-order valence-electron chi connectivity index (χ0n) is 6.63. The van der Waals surface area contributed by atoms with Gasteiger partial charge in [0.25, 0.3) is 0 Å². The van der Waals surface area contributed by atoms with Gasteiger partial charge in [-0.05, 0) is 11.6 Å². The van der Waals surface area contributed by atoms with Crippen LogP contribution in [0.15, 0.2) is 24.3 Å². The van der Waals surface area contributed by atoms with E-state index in [0.717, 1.165) is 13.2 Å². The fourth-order valence-corrected chi connectivity index (χ4v) is 1.36. The predicted molar refractivity (Wildman–Crippen MR) is 43.4 cm³/mol. The monoisotopic (exact) mass is 147 g/mol. The largest absolute Gasteiger partial charge is 0.379 e. The molecule has 1 heterocycles. The molecule has 0 bridgehead atoms. The molecular formula is C10H11O. The average molecular weight is 147 g/mol. The van der Waals surface area contributed by atoms with Crippen molar-refractivity contribution in [2.75, 3.05) is 13.2 Å². The van der Waals surface area contributed by atoms with Crippen molar-refractivity contribution >= 4 is 0 Å². The minimum Gasteiger partial charge on any atom is -0.379 e. The maximum Gasteiger partial charge on any atom is 0.0582 e. The fourth-order valence-electron chi connectivity index (χ4n) is 1.36. The van der Waals surface area contributed by atoms with Gasteiger partial charge in [-0.2, -0.15) is 0 Å². The Bertz CT molecular complexity index is 236. The van der Waals surface area contributed by atoms with E-state index in [2.05, 4.69) is 25.1 Å². The number of hydrogen-bond acceptors (Lipinski definition) is 1. The highest BCUT2D eigenvalue weighted by atomic mass is 16.5. The molecule has 0 aromatic heterocycles. The quantitative estimate of drug-likeness (QED) is 0.588. The van der Waals surface area contributed by atoms with Crippen molar-refractivity contribution in [3.63, 3.8) is 0 Å². The molecule has 2 rings (SSSR count). The minimum atomic E-state index is 0.273. The summed E-state index contributed by atoms with van der Waals surface area (Å²) in [6.07, 6.45) is 0. The van der Waals surface area contributed by atoms with Crippen molar-refractivity contribution in [2.45, 2.75) is 12.3 Å². The smallest absolute Gasteiger partial charge is 0.0582 e. The Hall–Kier alpha value is -0.820. The van der Waals surface area contributed by atoms with Crippen molar-refractivity contribution in [3.8, 4) is 0 Å². The van der Waals surface area contributed by atoms with Gasteiger partial charge in [-0.15, -0.1) is 0 Å². The molecule has 0 aliphatic carbocycles. The van der Waals surface area contributed by atoms with E-state index in [0.29, 0.717) is 0 Å². The molecule has 1 fully saturated rings. The predicted octanol–water partition coefficient (Wildman–Crippen LogP) is 1.77. The van der Waals surface area contributed by atoms with E-state index in [9.17, 15) is 0 Å². The first-order valence-corrected chi connectivity index (χ1v) is 3.86. The summed E-state index contributed by atoms with van der Waals surface area (Å²) in [5.41, 5.74) is 1.64. The van der Waals surface area contributed by atoms with Crippen molar-refractivity contribution in [1.29, 1.82) is 0 Å². The van der Waals surface area contributed by atoms with E-state index in [-0.39, 0.29) is 5.41 Å². The molecule has 1 aliphatic heterocycles. The van der Waals surface area contributed by atoms with Crippen LogP contribution in [0.3, 0.4) is 0 Å². The molecule has 0 atom stereocenters. The summed E-state index contributed by atoms with van der Waals surface area (Å²) in [5, 5.41) is 0. The molecule has 57 valence electrons. The van der Waals surface area contributed by atoms with E-state index < -0.39 is 0 Å². The summed E-state index contributed by atoms with van der Waals surface area (Å²) in [5.74, 6) is 0. The highest BCUT2D eigenvalue weighted by Crippen LogP contribution is 2.30. The Balaban J connectivity index is 2.29. The topological polar surface area (TPSA) is 9.23 Å². The van der Waals surface area contributed by atoms with Crippen LogP contribution < -0.4 is 0 Å². The second-order valence-corrected chi connectivity index (χ2v) is 3.34. The first kappa shape index (κ1) is 6.86.